The lowest BCUT2D eigenvalue weighted by atomic mass is 10.0. The van der Waals surface area contributed by atoms with E-state index in [1.165, 1.54) is 33.3 Å². The van der Waals surface area contributed by atoms with Crippen molar-refractivity contribution in [2.45, 2.75) is 30.2 Å². The number of ether oxygens (including phenoxy) is 3. The predicted molar refractivity (Wildman–Crippen MR) is 129 cm³/mol. The number of sulfonamides is 1. The van der Waals surface area contributed by atoms with Gasteiger partial charge >= 0.3 is 0 Å². The fourth-order valence-electron chi connectivity index (χ4n) is 4.22. The van der Waals surface area contributed by atoms with E-state index in [1.807, 2.05) is 23.1 Å². The van der Waals surface area contributed by atoms with Gasteiger partial charge in [-0.2, -0.15) is 0 Å². The number of amides is 1. The second-order valence-electron chi connectivity index (χ2n) is 8.48. The van der Waals surface area contributed by atoms with Crippen LogP contribution in [0, 0.1) is 0 Å². The molecule has 1 atom stereocenters. The molecular formula is C25H30N2O6S. The summed E-state index contributed by atoms with van der Waals surface area (Å²) in [5, 5.41) is 0. The molecule has 2 heterocycles. The highest BCUT2D eigenvalue weighted by Gasteiger charge is 2.30. The number of fused-ring (bicyclic) bond motifs is 1. The molecule has 0 saturated carbocycles. The van der Waals surface area contributed by atoms with E-state index in [1.54, 1.807) is 18.2 Å². The van der Waals surface area contributed by atoms with Gasteiger partial charge in [0.2, 0.25) is 15.9 Å². The number of benzene rings is 2. The first-order valence-corrected chi connectivity index (χ1v) is 12.7. The fraction of sp³-hybridized carbons (Fsp3) is 0.400. The number of likely N-dealkylation sites (tertiary alicyclic amines) is 1. The molecule has 2 aromatic rings. The maximum absolute atomic E-state index is 13.1. The van der Waals surface area contributed by atoms with Crippen LogP contribution in [0.4, 0.5) is 0 Å². The van der Waals surface area contributed by atoms with Gasteiger partial charge in [-0.15, -0.1) is 0 Å². The Bertz CT molecular complexity index is 1190. The Kier molecular flexibility index (Phi) is 7.13. The van der Waals surface area contributed by atoms with Crippen molar-refractivity contribution >= 4 is 22.0 Å². The number of nitrogens with zero attached hydrogens (tertiary/aromatic N) is 2. The van der Waals surface area contributed by atoms with E-state index in [-0.39, 0.29) is 22.6 Å². The van der Waals surface area contributed by atoms with Crippen LogP contribution in [-0.2, 0) is 14.8 Å². The first-order chi connectivity index (χ1) is 16.3. The van der Waals surface area contributed by atoms with Crippen molar-refractivity contribution in [3.63, 3.8) is 0 Å². The summed E-state index contributed by atoms with van der Waals surface area (Å²) >= 11 is 0. The standard InChI is InChI=1S/C25H30N2O6S/c1-26(2)34(29,30)24-16-18(7-10-22(24)31-3)8-12-25(28)27-13-4-6-20(27)19-9-11-21-23(17-19)33-15-5-14-32-21/h7-12,16-17,20H,4-6,13-15H2,1-3H3. The molecule has 9 heteroatoms. The summed E-state index contributed by atoms with van der Waals surface area (Å²) in [4.78, 5) is 15.0. The summed E-state index contributed by atoms with van der Waals surface area (Å²) in [6, 6.07) is 10.7. The molecular weight excluding hydrogens is 456 g/mol. The first-order valence-electron chi connectivity index (χ1n) is 11.3. The molecule has 1 saturated heterocycles. The van der Waals surface area contributed by atoms with E-state index in [0.717, 1.165) is 40.6 Å². The molecule has 0 N–H and O–H groups in total. The fourth-order valence-corrected chi connectivity index (χ4v) is 5.31. The quantitative estimate of drug-likeness (QED) is 0.581. The van der Waals surface area contributed by atoms with Gasteiger partial charge in [0.25, 0.3) is 0 Å². The van der Waals surface area contributed by atoms with Gasteiger partial charge in [0, 0.05) is 33.1 Å². The summed E-state index contributed by atoms with van der Waals surface area (Å²) < 4.78 is 43.2. The van der Waals surface area contributed by atoms with Crippen LogP contribution in [0.5, 0.6) is 17.2 Å². The van der Waals surface area contributed by atoms with E-state index in [2.05, 4.69) is 0 Å². The van der Waals surface area contributed by atoms with Crippen LogP contribution in [0.1, 0.15) is 36.4 Å². The van der Waals surface area contributed by atoms with Crippen LogP contribution in [0.25, 0.3) is 6.08 Å². The first kappa shape index (κ1) is 24.1. The minimum Gasteiger partial charge on any atom is -0.495 e. The largest absolute Gasteiger partial charge is 0.495 e. The van der Waals surface area contributed by atoms with Crippen LogP contribution < -0.4 is 14.2 Å². The molecule has 1 amide bonds. The average Bonchev–Trinajstić information content (AvgIpc) is 3.21. The lowest BCUT2D eigenvalue weighted by Gasteiger charge is -2.24. The number of carbonyl (C=O) groups excluding carboxylic acids is 1. The normalized spacial score (nSPS) is 18.4. The highest BCUT2D eigenvalue weighted by molar-refractivity contribution is 7.89. The summed E-state index contributed by atoms with van der Waals surface area (Å²) in [5.41, 5.74) is 1.62. The number of carbonyl (C=O) groups is 1. The summed E-state index contributed by atoms with van der Waals surface area (Å²) in [6.45, 7) is 1.90. The molecule has 2 aliphatic heterocycles. The van der Waals surface area contributed by atoms with Gasteiger partial charge in [0.1, 0.15) is 10.6 Å². The minimum atomic E-state index is -3.69. The van der Waals surface area contributed by atoms with Gasteiger partial charge in [0.05, 0.1) is 26.4 Å². The van der Waals surface area contributed by atoms with Gasteiger partial charge in [-0.25, -0.2) is 12.7 Å². The molecule has 34 heavy (non-hydrogen) atoms. The second-order valence-corrected chi connectivity index (χ2v) is 10.6. The van der Waals surface area contributed by atoms with Crippen LogP contribution in [-0.4, -0.2) is 64.5 Å². The van der Waals surface area contributed by atoms with E-state index in [9.17, 15) is 13.2 Å². The van der Waals surface area contributed by atoms with Gasteiger partial charge in [-0.3, -0.25) is 4.79 Å². The van der Waals surface area contributed by atoms with Gasteiger partial charge in [-0.05, 0) is 54.3 Å². The van der Waals surface area contributed by atoms with E-state index < -0.39 is 10.0 Å². The van der Waals surface area contributed by atoms with E-state index >= 15 is 0 Å². The van der Waals surface area contributed by atoms with Crippen LogP contribution in [0.2, 0.25) is 0 Å². The monoisotopic (exact) mass is 486 g/mol. The van der Waals surface area contributed by atoms with Crippen molar-refractivity contribution in [3.8, 4) is 17.2 Å². The Morgan fingerprint density at radius 3 is 2.59 bits per heavy atom. The number of rotatable bonds is 6. The summed E-state index contributed by atoms with van der Waals surface area (Å²) in [6.07, 6.45) is 5.75. The molecule has 8 nitrogen and oxygen atoms in total. The molecule has 4 rings (SSSR count). The maximum atomic E-state index is 13.1. The van der Waals surface area contributed by atoms with Crippen LogP contribution >= 0.6 is 0 Å². The predicted octanol–water partition coefficient (Wildman–Crippen LogP) is 3.48. The topological polar surface area (TPSA) is 85.4 Å². The molecule has 1 fully saturated rings. The van der Waals surface area contributed by atoms with Gasteiger partial charge < -0.3 is 19.1 Å². The van der Waals surface area contributed by atoms with Crippen molar-refractivity contribution < 1.29 is 27.4 Å². The molecule has 0 spiro atoms. The molecule has 0 radical (unpaired) electrons. The zero-order chi connectivity index (χ0) is 24.3. The Morgan fingerprint density at radius 2 is 1.85 bits per heavy atom. The third kappa shape index (κ3) is 4.90. The van der Waals surface area contributed by atoms with Crippen molar-refractivity contribution in [2.75, 3.05) is 41.0 Å². The molecule has 0 bridgehead atoms. The number of methoxy groups -OCH3 is 1. The van der Waals surface area contributed by atoms with Crippen molar-refractivity contribution in [2.24, 2.45) is 0 Å². The second kappa shape index (κ2) is 10.1. The van der Waals surface area contributed by atoms with Crippen molar-refractivity contribution in [3.05, 3.63) is 53.6 Å². The summed E-state index contributed by atoms with van der Waals surface area (Å²) in [5.74, 6) is 1.59. The highest BCUT2D eigenvalue weighted by Crippen LogP contribution is 2.38. The van der Waals surface area contributed by atoms with E-state index in [4.69, 9.17) is 14.2 Å². The Morgan fingerprint density at radius 1 is 1.09 bits per heavy atom. The average molecular weight is 487 g/mol. The lowest BCUT2D eigenvalue weighted by Crippen LogP contribution is -2.28. The molecule has 0 aromatic heterocycles. The molecule has 2 aromatic carbocycles. The van der Waals surface area contributed by atoms with Gasteiger partial charge in [-0.1, -0.05) is 12.1 Å². The summed E-state index contributed by atoms with van der Waals surface area (Å²) in [7, 11) is 0.665. The highest BCUT2D eigenvalue weighted by atomic mass is 32.2. The van der Waals surface area contributed by atoms with Gasteiger partial charge in [0.15, 0.2) is 11.5 Å². The van der Waals surface area contributed by atoms with E-state index in [0.29, 0.717) is 25.3 Å². The Hall–Kier alpha value is -3.04. The number of hydrogen-bond acceptors (Lipinski definition) is 6. The van der Waals surface area contributed by atoms with Crippen LogP contribution in [0.15, 0.2) is 47.4 Å². The minimum absolute atomic E-state index is 0.0464. The third-order valence-corrected chi connectivity index (χ3v) is 7.89. The molecule has 1 unspecified atom stereocenters. The number of hydrogen-bond donors (Lipinski definition) is 0. The van der Waals surface area contributed by atoms with Crippen LogP contribution in [0.3, 0.4) is 0 Å². The SMILES string of the molecule is COc1ccc(C=CC(=O)N2CCCC2c2ccc3c(c2)OCCCO3)cc1S(=O)(=O)N(C)C. The Balaban J connectivity index is 1.54. The lowest BCUT2D eigenvalue weighted by molar-refractivity contribution is -0.126. The van der Waals surface area contributed by atoms with Crippen molar-refractivity contribution in [1.29, 1.82) is 0 Å². The van der Waals surface area contributed by atoms with Crippen molar-refractivity contribution in [1.82, 2.24) is 9.21 Å². The molecule has 2 aliphatic rings. The zero-order valence-corrected chi connectivity index (χ0v) is 20.5. The third-order valence-electron chi connectivity index (χ3n) is 6.06. The zero-order valence-electron chi connectivity index (χ0n) is 19.7. The molecule has 0 aliphatic carbocycles. The maximum Gasteiger partial charge on any atom is 0.247 e. The Labute approximate surface area is 200 Å². The smallest absolute Gasteiger partial charge is 0.247 e. The molecule has 182 valence electrons.